The average Bonchev–Trinajstić information content (AvgIpc) is 3.02. The van der Waals surface area contributed by atoms with Crippen LogP contribution in [0.3, 0.4) is 0 Å². The Labute approximate surface area is 108 Å². The molecule has 8 nitrogen and oxygen atoms in total. The van der Waals surface area contributed by atoms with Gasteiger partial charge in [-0.3, -0.25) is 0 Å². The monoisotopic (exact) mass is 263 g/mol. The van der Waals surface area contributed by atoms with Crippen molar-refractivity contribution in [3.8, 4) is 0 Å². The van der Waals surface area contributed by atoms with Crippen LogP contribution >= 0.6 is 0 Å². The van der Waals surface area contributed by atoms with E-state index in [1.807, 2.05) is 16.8 Å². The second-order valence-electron chi connectivity index (χ2n) is 4.38. The van der Waals surface area contributed by atoms with Crippen molar-refractivity contribution in [2.24, 2.45) is 5.34 Å². The van der Waals surface area contributed by atoms with E-state index in [1.165, 1.54) is 6.33 Å². The maximum Gasteiger partial charge on any atom is 0.155 e. The number of nitrogens with zero attached hydrogens (tertiary/aromatic N) is 4. The molecule has 1 aliphatic rings. The lowest BCUT2D eigenvalue weighted by Crippen LogP contribution is -2.15. The molecule has 3 heterocycles. The van der Waals surface area contributed by atoms with Crippen LogP contribution in [-0.4, -0.2) is 27.2 Å². The van der Waals surface area contributed by atoms with Crippen molar-refractivity contribution in [2.45, 2.75) is 25.2 Å². The summed E-state index contributed by atoms with van der Waals surface area (Å²) in [4.78, 5) is 22.6. The Hall–Kier alpha value is -2.22. The Morgan fingerprint density at radius 2 is 2.42 bits per heavy atom. The predicted molar refractivity (Wildman–Crippen MR) is 66.8 cm³/mol. The Morgan fingerprint density at radius 1 is 1.53 bits per heavy atom. The molecule has 2 unspecified atom stereocenters. The van der Waals surface area contributed by atoms with Crippen LogP contribution in [0.15, 0.2) is 23.9 Å². The molecule has 100 valence electrons. The highest BCUT2D eigenvalue weighted by atomic mass is 16.7. The molecule has 0 aliphatic carbocycles. The van der Waals surface area contributed by atoms with Crippen LogP contribution < -0.4 is 5.73 Å². The minimum Gasteiger partial charge on any atom is -0.383 e. The number of hydrogen-bond donors (Lipinski definition) is 1. The number of fused-ring (bicyclic) bond motifs is 1. The van der Waals surface area contributed by atoms with Crippen molar-refractivity contribution >= 4 is 16.9 Å². The summed E-state index contributed by atoms with van der Waals surface area (Å²) in [5, 5.41) is 3.18. The maximum absolute atomic E-state index is 9.92. The van der Waals surface area contributed by atoms with Gasteiger partial charge in [-0.05, 0) is 18.9 Å². The minimum atomic E-state index is -0.132. The summed E-state index contributed by atoms with van der Waals surface area (Å²) < 4.78 is 7.71. The number of anilines is 1. The van der Waals surface area contributed by atoms with E-state index in [-0.39, 0.29) is 18.9 Å². The van der Waals surface area contributed by atoms with Gasteiger partial charge in [0.2, 0.25) is 0 Å². The van der Waals surface area contributed by atoms with Gasteiger partial charge in [-0.2, -0.15) is 0 Å². The number of rotatable bonds is 4. The van der Waals surface area contributed by atoms with Gasteiger partial charge in [0.25, 0.3) is 0 Å². The van der Waals surface area contributed by atoms with Crippen LogP contribution in [0.5, 0.6) is 0 Å². The summed E-state index contributed by atoms with van der Waals surface area (Å²) in [6, 6.07) is 1.87. The first kappa shape index (κ1) is 11.8. The first-order valence-electron chi connectivity index (χ1n) is 5.96. The van der Waals surface area contributed by atoms with Gasteiger partial charge in [0.15, 0.2) is 5.34 Å². The minimum absolute atomic E-state index is 0.126. The summed E-state index contributed by atoms with van der Waals surface area (Å²) in [7, 11) is 0. The van der Waals surface area contributed by atoms with E-state index in [1.54, 1.807) is 0 Å². The predicted octanol–water partition coefficient (Wildman–Crippen LogP) is 1.39. The summed E-state index contributed by atoms with van der Waals surface area (Å²) in [5.74, 6) is 0.451. The molecular formula is C11H13N5O3. The molecule has 1 saturated heterocycles. The lowest BCUT2D eigenvalue weighted by molar-refractivity contribution is -0.0396. The van der Waals surface area contributed by atoms with Gasteiger partial charge >= 0.3 is 0 Å². The molecule has 19 heavy (non-hydrogen) atoms. The van der Waals surface area contributed by atoms with Crippen LogP contribution in [0.1, 0.15) is 19.1 Å². The molecule has 0 saturated carbocycles. The van der Waals surface area contributed by atoms with E-state index in [0.717, 1.165) is 23.9 Å². The van der Waals surface area contributed by atoms with Crippen LogP contribution in [0, 0.1) is 4.91 Å². The molecule has 0 bridgehead atoms. The summed E-state index contributed by atoms with van der Waals surface area (Å²) in [6.07, 6.45) is 4.68. The largest absolute Gasteiger partial charge is 0.383 e. The standard InChI is InChI=1S/C11H13N5O3/c12-10-8-3-4-16(11(8)14-6-13-10)9-2-1-7(19-9)5-18-15-17/h3-4,6-7,9H,1-2,5H2,(H2,12,13,14). The van der Waals surface area contributed by atoms with E-state index in [9.17, 15) is 4.91 Å². The topological polar surface area (TPSA) is 105 Å². The summed E-state index contributed by atoms with van der Waals surface area (Å²) >= 11 is 0. The number of hydrogen-bond acceptors (Lipinski definition) is 7. The van der Waals surface area contributed by atoms with Gasteiger partial charge in [-0.25, -0.2) is 9.97 Å². The van der Waals surface area contributed by atoms with Crippen LogP contribution in [-0.2, 0) is 9.57 Å². The zero-order chi connectivity index (χ0) is 13.2. The lowest BCUT2D eigenvalue weighted by atomic mass is 10.2. The summed E-state index contributed by atoms with van der Waals surface area (Å²) in [5.41, 5.74) is 6.53. The fourth-order valence-electron chi connectivity index (χ4n) is 2.35. The highest BCUT2D eigenvalue weighted by Crippen LogP contribution is 2.31. The maximum atomic E-state index is 9.92. The molecule has 1 fully saturated rings. The van der Waals surface area contributed by atoms with Crippen molar-refractivity contribution in [2.75, 3.05) is 12.3 Å². The second kappa shape index (κ2) is 4.81. The van der Waals surface area contributed by atoms with Crippen molar-refractivity contribution in [1.29, 1.82) is 0 Å². The number of ether oxygens (including phenoxy) is 1. The molecule has 2 atom stereocenters. The van der Waals surface area contributed by atoms with Gasteiger partial charge in [-0.15, -0.1) is 4.91 Å². The normalized spacial score (nSPS) is 22.7. The highest BCUT2D eigenvalue weighted by Gasteiger charge is 2.28. The van der Waals surface area contributed by atoms with E-state index in [2.05, 4.69) is 20.1 Å². The molecule has 0 spiro atoms. The van der Waals surface area contributed by atoms with Crippen LogP contribution in [0.4, 0.5) is 5.82 Å². The zero-order valence-electron chi connectivity index (χ0n) is 10.1. The number of aromatic nitrogens is 3. The average molecular weight is 263 g/mol. The third-order valence-electron chi connectivity index (χ3n) is 3.25. The SMILES string of the molecule is Nc1ncnc2c1ccn2C1CCC(CON=O)O1. The molecule has 2 N–H and O–H groups in total. The Kier molecular flexibility index (Phi) is 3.00. The van der Waals surface area contributed by atoms with E-state index >= 15 is 0 Å². The second-order valence-corrected chi connectivity index (χ2v) is 4.38. The van der Waals surface area contributed by atoms with Crippen LogP contribution in [0.25, 0.3) is 11.0 Å². The van der Waals surface area contributed by atoms with E-state index in [0.29, 0.717) is 5.82 Å². The third kappa shape index (κ3) is 2.10. The molecule has 2 aromatic heterocycles. The molecule has 1 aliphatic heterocycles. The smallest absolute Gasteiger partial charge is 0.155 e. The first-order chi connectivity index (χ1) is 9.29. The van der Waals surface area contributed by atoms with Crippen molar-refractivity contribution in [3.05, 3.63) is 23.5 Å². The van der Waals surface area contributed by atoms with Gasteiger partial charge < -0.3 is 19.9 Å². The van der Waals surface area contributed by atoms with Crippen molar-refractivity contribution < 1.29 is 9.57 Å². The molecule has 2 aromatic rings. The fourth-order valence-corrected chi connectivity index (χ4v) is 2.35. The molecule has 0 amide bonds. The molecule has 0 aromatic carbocycles. The van der Waals surface area contributed by atoms with Gasteiger partial charge in [0.1, 0.15) is 30.6 Å². The number of nitrogens with two attached hydrogens (primary N) is 1. The van der Waals surface area contributed by atoms with E-state index in [4.69, 9.17) is 10.5 Å². The van der Waals surface area contributed by atoms with Crippen LogP contribution in [0.2, 0.25) is 0 Å². The van der Waals surface area contributed by atoms with Crippen molar-refractivity contribution in [3.63, 3.8) is 0 Å². The van der Waals surface area contributed by atoms with Gasteiger partial charge in [-0.1, -0.05) is 0 Å². The summed E-state index contributed by atoms with van der Waals surface area (Å²) in [6.45, 7) is 0.177. The quantitative estimate of drug-likeness (QED) is 0.660. The van der Waals surface area contributed by atoms with Crippen molar-refractivity contribution in [1.82, 2.24) is 14.5 Å². The zero-order valence-corrected chi connectivity index (χ0v) is 10.1. The Bertz CT molecular complexity index is 599. The number of nitrogen functional groups attached to an aromatic ring is 1. The Morgan fingerprint density at radius 3 is 3.26 bits per heavy atom. The Balaban J connectivity index is 1.82. The third-order valence-corrected chi connectivity index (χ3v) is 3.25. The molecule has 0 radical (unpaired) electrons. The highest BCUT2D eigenvalue weighted by molar-refractivity contribution is 5.86. The lowest BCUT2D eigenvalue weighted by Gasteiger charge is -2.14. The fraction of sp³-hybridized carbons (Fsp3) is 0.455. The first-order valence-corrected chi connectivity index (χ1v) is 5.96. The molecule has 8 heteroatoms. The van der Waals surface area contributed by atoms with Gasteiger partial charge in [0, 0.05) is 6.20 Å². The van der Waals surface area contributed by atoms with E-state index < -0.39 is 0 Å². The van der Waals surface area contributed by atoms with Gasteiger partial charge in [0.05, 0.1) is 11.5 Å². The molecule has 3 rings (SSSR count). The molecular weight excluding hydrogens is 250 g/mol.